The Morgan fingerprint density at radius 3 is 3.00 bits per heavy atom. The topological polar surface area (TPSA) is 42.7 Å². The van der Waals surface area contributed by atoms with Crippen LogP contribution in [0.4, 0.5) is 5.95 Å². The summed E-state index contributed by atoms with van der Waals surface area (Å²) in [6.45, 7) is 2.92. The Balaban J connectivity index is 1.60. The van der Waals surface area contributed by atoms with E-state index < -0.39 is 0 Å². The van der Waals surface area contributed by atoms with Gasteiger partial charge in [0.2, 0.25) is 5.95 Å². The largest absolute Gasteiger partial charge is 0.355 e. The zero-order valence-electron chi connectivity index (χ0n) is 10.6. The Bertz CT molecular complexity index is 514. The first-order chi connectivity index (χ1) is 8.83. The van der Waals surface area contributed by atoms with Crippen LogP contribution < -0.4 is 5.32 Å². The van der Waals surface area contributed by atoms with Crippen molar-refractivity contribution in [2.75, 3.05) is 11.9 Å². The lowest BCUT2D eigenvalue weighted by Gasteiger charge is -2.08. The molecule has 1 fully saturated rings. The van der Waals surface area contributed by atoms with E-state index in [0.717, 1.165) is 30.3 Å². The van der Waals surface area contributed by atoms with Gasteiger partial charge in [-0.1, -0.05) is 6.07 Å². The van der Waals surface area contributed by atoms with Crippen LogP contribution in [-0.2, 0) is 6.42 Å². The average Bonchev–Trinajstić information content (AvgIpc) is 3.15. The van der Waals surface area contributed by atoms with Gasteiger partial charge in [0.25, 0.3) is 0 Å². The Labute approximate surface area is 107 Å². The fourth-order valence-corrected chi connectivity index (χ4v) is 2.13. The van der Waals surface area contributed by atoms with E-state index in [1.165, 1.54) is 12.8 Å². The summed E-state index contributed by atoms with van der Waals surface area (Å²) in [6.07, 6.45) is 7.47. The molecule has 1 N–H and O–H groups in total. The fourth-order valence-electron chi connectivity index (χ4n) is 2.13. The summed E-state index contributed by atoms with van der Waals surface area (Å²) in [5, 5.41) is 3.42. The van der Waals surface area contributed by atoms with Gasteiger partial charge in [-0.25, -0.2) is 4.98 Å². The van der Waals surface area contributed by atoms with Crippen molar-refractivity contribution in [1.82, 2.24) is 14.5 Å². The molecule has 0 radical (unpaired) electrons. The molecule has 2 heterocycles. The summed E-state index contributed by atoms with van der Waals surface area (Å²) in [4.78, 5) is 8.85. The van der Waals surface area contributed by atoms with Crippen LogP contribution in [0.5, 0.6) is 0 Å². The van der Waals surface area contributed by atoms with Crippen molar-refractivity contribution in [2.24, 2.45) is 0 Å². The highest BCUT2D eigenvalue weighted by Gasteiger charge is 2.25. The van der Waals surface area contributed by atoms with Gasteiger partial charge in [0, 0.05) is 37.1 Å². The highest BCUT2D eigenvalue weighted by molar-refractivity contribution is 5.30. The highest BCUT2D eigenvalue weighted by Crippen LogP contribution is 2.37. The minimum absolute atomic E-state index is 0.670. The second-order valence-corrected chi connectivity index (χ2v) is 4.84. The lowest BCUT2D eigenvalue weighted by molar-refractivity contribution is 0.741. The molecule has 0 aromatic carbocycles. The monoisotopic (exact) mass is 242 g/mol. The molecule has 4 nitrogen and oxygen atoms in total. The molecule has 2 aromatic rings. The van der Waals surface area contributed by atoms with E-state index in [2.05, 4.69) is 32.1 Å². The number of nitrogens with zero attached hydrogens (tertiary/aromatic N) is 3. The number of nitrogens with one attached hydrogen (secondary N) is 1. The van der Waals surface area contributed by atoms with E-state index in [1.807, 2.05) is 25.3 Å². The lowest BCUT2D eigenvalue weighted by Crippen LogP contribution is -2.10. The van der Waals surface area contributed by atoms with E-state index >= 15 is 0 Å². The first kappa shape index (κ1) is 11.3. The van der Waals surface area contributed by atoms with E-state index in [0.29, 0.717) is 6.04 Å². The number of pyridine rings is 1. The van der Waals surface area contributed by atoms with Gasteiger partial charge in [-0.3, -0.25) is 4.98 Å². The molecule has 4 heteroatoms. The van der Waals surface area contributed by atoms with Crippen molar-refractivity contribution in [3.63, 3.8) is 0 Å². The minimum Gasteiger partial charge on any atom is -0.355 e. The molecule has 2 aromatic heterocycles. The third-order valence-electron chi connectivity index (χ3n) is 3.18. The smallest absolute Gasteiger partial charge is 0.203 e. The predicted molar refractivity (Wildman–Crippen MR) is 71.7 cm³/mol. The molecule has 18 heavy (non-hydrogen) atoms. The fraction of sp³-hybridized carbons (Fsp3) is 0.429. The Morgan fingerprint density at radius 1 is 1.39 bits per heavy atom. The standard InChI is InChI=1S/C14H18N4/c1-11-10-18(13-5-6-13)14(17-11)16-9-7-12-4-2-3-8-15-12/h2-4,8,10,13H,5-7,9H2,1H3,(H,16,17). The van der Waals surface area contributed by atoms with Gasteiger partial charge in [-0.15, -0.1) is 0 Å². The predicted octanol–water partition coefficient (Wildman–Crippen LogP) is 2.58. The van der Waals surface area contributed by atoms with Crippen molar-refractivity contribution in [3.8, 4) is 0 Å². The lowest BCUT2D eigenvalue weighted by atomic mass is 10.3. The molecule has 1 aliphatic carbocycles. The van der Waals surface area contributed by atoms with Gasteiger partial charge in [0.15, 0.2) is 0 Å². The summed E-state index contributed by atoms with van der Waals surface area (Å²) in [6, 6.07) is 6.70. The van der Waals surface area contributed by atoms with Crippen molar-refractivity contribution in [3.05, 3.63) is 42.0 Å². The number of aryl methyl sites for hydroxylation is 1. The number of aromatic nitrogens is 3. The van der Waals surface area contributed by atoms with Crippen LogP contribution in [0.2, 0.25) is 0 Å². The van der Waals surface area contributed by atoms with Gasteiger partial charge < -0.3 is 9.88 Å². The van der Waals surface area contributed by atoms with Gasteiger partial charge >= 0.3 is 0 Å². The molecule has 0 unspecified atom stereocenters. The minimum atomic E-state index is 0.670. The van der Waals surface area contributed by atoms with E-state index in [-0.39, 0.29) is 0 Å². The molecular formula is C14H18N4. The first-order valence-electron chi connectivity index (χ1n) is 6.52. The summed E-state index contributed by atoms with van der Waals surface area (Å²) < 4.78 is 2.27. The summed E-state index contributed by atoms with van der Waals surface area (Å²) in [7, 11) is 0. The molecule has 0 aliphatic heterocycles. The molecule has 94 valence electrons. The molecule has 0 atom stereocenters. The van der Waals surface area contributed by atoms with Crippen molar-refractivity contribution in [1.29, 1.82) is 0 Å². The molecule has 0 bridgehead atoms. The molecule has 3 rings (SSSR count). The van der Waals surface area contributed by atoms with Crippen LogP contribution in [-0.4, -0.2) is 21.1 Å². The molecule has 1 aliphatic rings. The molecular weight excluding hydrogens is 224 g/mol. The molecule has 0 saturated heterocycles. The Kier molecular flexibility index (Phi) is 3.00. The molecule has 1 saturated carbocycles. The van der Waals surface area contributed by atoms with Gasteiger partial charge in [-0.05, 0) is 31.9 Å². The van der Waals surface area contributed by atoms with Gasteiger partial charge in [-0.2, -0.15) is 0 Å². The Morgan fingerprint density at radius 2 is 2.28 bits per heavy atom. The maximum atomic E-state index is 4.53. The number of hydrogen-bond acceptors (Lipinski definition) is 3. The third-order valence-corrected chi connectivity index (χ3v) is 3.18. The maximum absolute atomic E-state index is 4.53. The molecule has 0 amide bonds. The van der Waals surface area contributed by atoms with Crippen molar-refractivity contribution in [2.45, 2.75) is 32.2 Å². The van der Waals surface area contributed by atoms with Gasteiger partial charge in [0.05, 0.1) is 5.69 Å². The second kappa shape index (κ2) is 4.80. The zero-order valence-corrected chi connectivity index (χ0v) is 10.6. The van der Waals surface area contributed by atoms with Crippen molar-refractivity contribution >= 4 is 5.95 Å². The summed E-state index contributed by atoms with van der Waals surface area (Å²) >= 11 is 0. The number of imidazole rings is 1. The number of rotatable bonds is 5. The van der Waals surface area contributed by atoms with Crippen molar-refractivity contribution < 1.29 is 0 Å². The van der Waals surface area contributed by atoms with Crippen LogP contribution in [0.15, 0.2) is 30.6 Å². The third kappa shape index (κ3) is 2.53. The SMILES string of the molecule is Cc1cn(C2CC2)c(NCCc2ccccn2)n1. The summed E-state index contributed by atoms with van der Waals surface area (Å²) in [5.41, 5.74) is 2.20. The Hall–Kier alpha value is -1.84. The summed E-state index contributed by atoms with van der Waals surface area (Å²) in [5.74, 6) is 1.01. The van der Waals surface area contributed by atoms with Crippen LogP contribution in [0, 0.1) is 6.92 Å². The van der Waals surface area contributed by atoms with Crippen LogP contribution in [0.1, 0.15) is 30.3 Å². The number of hydrogen-bond donors (Lipinski definition) is 1. The van der Waals surface area contributed by atoms with Crippen LogP contribution >= 0.6 is 0 Å². The highest BCUT2D eigenvalue weighted by atomic mass is 15.2. The van der Waals surface area contributed by atoms with Crippen LogP contribution in [0.3, 0.4) is 0 Å². The average molecular weight is 242 g/mol. The van der Waals surface area contributed by atoms with Gasteiger partial charge in [0.1, 0.15) is 0 Å². The normalized spacial score (nSPS) is 14.7. The van der Waals surface area contributed by atoms with E-state index in [9.17, 15) is 0 Å². The first-order valence-corrected chi connectivity index (χ1v) is 6.52. The molecule has 0 spiro atoms. The number of anilines is 1. The zero-order chi connectivity index (χ0) is 12.4. The maximum Gasteiger partial charge on any atom is 0.203 e. The second-order valence-electron chi connectivity index (χ2n) is 4.84. The van der Waals surface area contributed by atoms with Crippen LogP contribution in [0.25, 0.3) is 0 Å². The van der Waals surface area contributed by atoms with E-state index in [1.54, 1.807) is 0 Å². The quantitative estimate of drug-likeness (QED) is 0.876. The van der Waals surface area contributed by atoms with E-state index in [4.69, 9.17) is 0 Å².